The molecule has 0 amide bonds. The molecule has 0 radical (unpaired) electrons. The molecule has 2 heterocycles. The zero-order chi connectivity index (χ0) is 23.0. The Kier molecular flexibility index (Phi) is 5.40. The van der Waals surface area contributed by atoms with E-state index in [1.54, 1.807) is 6.07 Å². The molecular formula is C26H23F3N4. The van der Waals surface area contributed by atoms with Crippen LogP contribution in [0.3, 0.4) is 0 Å². The first-order chi connectivity index (χ1) is 15.9. The Labute approximate surface area is 190 Å². The third kappa shape index (κ3) is 4.35. The van der Waals surface area contributed by atoms with Crippen LogP contribution < -0.4 is 9.80 Å². The molecule has 0 N–H and O–H groups in total. The van der Waals surface area contributed by atoms with Gasteiger partial charge in [-0.3, -0.25) is 0 Å². The number of halogens is 3. The van der Waals surface area contributed by atoms with Crippen LogP contribution in [0, 0.1) is 6.92 Å². The third-order valence-electron chi connectivity index (χ3n) is 6.01. The van der Waals surface area contributed by atoms with Crippen molar-refractivity contribution in [3.05, 3.63) is 83.9 Å². The van der Waals surface area contributed by atoms with Crippen LogP contribution in [0.15, 0.2) is 72.8 Å². The van der Waals surface area contributed by atoms with Crippen molar-refractivity contribution >= 4 is 22.4 Å². The number of hydrogen-bond donors (Lipinski definition) is 0. The molecule has 4 aromatic rings. The van der Waals surface area contributed by atoms with Crippen LogP contribution in [-0.4, -0.2) is 36.1 Å². The summed E-state index contributed by atoms with van der Waals surface area (Å²) in [5.74, 6) is 1.53. The fraction of sp³-hybridized carbons (Fsp3) is 0.231. The van der Waals surface area contributed by atoms with E-state index in [4.69, 9.17) is 9.97 Å². The van der Waals surface area contributed by atoms with Gasteiger partial charge in [0.1, 0.15) is 5.82 Å². The van der Waals surface area contributed by atoms with Crippen LogP contribution in [0.5, 0.6) is 0 Å². The van der Waals surface area contributed by atoms with Crippen molar-refractivity contribution < 1.29 is 13.2 Å². The van der Waals surface area contributed by atoms with Gasteiger partial charge in [0.15, 0.2) is 5.82 Å². The summed E-state index contributed by atoms with van der Waals surface area (Å²) >= 11 is 0. The van der Waals surface area contributed by atoms with E-state index in [1.807, 2.05) is 60.4 Å². The summed E-state index contributed by atoms with van der Waals surface area (Å²) in [5.41, 5.74) is 2.98. The summed E-state index contributed by atoms with van der Waals surface area (Å²) in [6, 6.07) is 21.6. The van der Waals surface area contributed by atoms with Crippen molar-refractivity contribution in [1.29, 1.82) is 0 Å². The molecule has 1 aliphatic heterocycles. The minimum absolute atomic E-state index is 0.595. The molecule has 0 atom stereocenters. The number of para-hydroxylation sites is 1. The van der Waals surface area contributed by atoms with E-state index >= 15 is 0 Å². The van der Waals surface area contributed by atoms with Crippen molar-refractivity contribution in [1.82, 2.24) is 9.97 Å². The second-order valence-electron chi connectivity index (χ2n) is 8.28. The summed E-state index contributed by atoms with van der Waals surface area (Å²) in [6.07, 6.45) is -4.34. The molecule has 3 aromatic carbocycles. The summed E-state index contributed by atoms with van der Waals surface area (Å²) in [6.45, 7) is 4.58. The maximum absolute atomic E-state index is 13.1. The largest absolute Gasteiger partial charge is 0.416 e. The Morgan fingerprint density at radius 1 is 0.758 bits per heavy atom. The fourth-order valence-corrected chi connectivity index (χ4v) is 4.19. The molecule has 1 saturated heterocycles. The van der Waals surface area contributed by atoms with Crippen LogP contribution in [-0.2, 0) is 6.18 Å². The van der Waals surface area contributed by atoms with E-state index in [0.717, 1.165) is 28.4 Å². The lowest BCUT2D eigenvalue weighted by molar-refractivity contribution is -0.137. The molecule has 168 valence electrons. The average Bonchev–Trinajstić information content (AvgIpc) is 2.83. The molecule has 4 nitrogen and oxygen atoms in total. The van der Waals surface area contributed by atoms with Gasteiger partial charge in [0.2, 0.25) is 0 Å². The number of piperazine rings is 1. The second kappa shape index (κ2) is 8.39. The summed E-state index contributed by atoms with van der Waals surface area (Å²) in [7, 11) is 0. The van der Waals surface area contributed by atoms with Gasteiger partial charge in [-0.2, -0.15) is 13.2 Å². The zero-order valence-electron chi connectivity index (χ0n) is 18.2. The van der Waals surface area contributed by atoms with E-state index in [0.29, 0.717) is 37.7 Å². The third-order valence-corrected chi connectivity index (χ3v) is 6.01. The van der Waals surface area contributed by atoms with E-state index < -0.39 is 11.7 Å². The Hall–Kier alpha value is -3.61. The van der Waals surface area contributed by atoms with Crippen molar-refractivity contribution in [3.63, 3.8) is 0 Å². The predicted molar refractivity (Wildman–Crippen MR) is 126 cm³/mol. The second-order valence-corrected chi connectivity index (χ2v) is 8.28. The first-order valence-electron chi connectivity index (χ1n) is 10.9. The van der Waals surface area contributed by atoms with Gasteiger partial charge in [0.25, 0.3) is 0 Å². The number of fused-ring (bicyclic) bond motifs is 1. The lowest BCUT2D eigenvalue weighted by Gasteiger charge is -2.37. The molecule has 0 unspecified atom stereocenters. The molecule has 7 heteroatoms. The SMILES string of the molecule is Cc1ccc(-c2nc(N3CCN(c4cccc(C(F)(F)F)c4)CC3)c3ccccc3n2)cc1. The minimum atomic E-state index is -4.34. The first kappa shape index (κ1) is 21.2. The highest BCUT2D eigenvalue weighted by Gasteiger charge is 2.31. The fourth-order valence-electron chi connectivity index (χ4n) is 4.19. The molecule has 1 fully saturated rings. The lowest BCUT2D eigenvalue weighted by Crippen LogP contribution is -2.47. The average molecular weight is 448 g/mol. The maximum atomic E-state index is 13.1. The van der Waals surface area contributed by atoms with E-state index in [9.17, 15) is 13.2 Å². The Bertz CT molecular complexity index is 1280. The zero-order valence-corrected chi connectivity index (χ0v) is 18.2. The normalized spacial score (nSPS) is 14.7. The number of aryl methyl sites for hydroxylation is 1. The first-order valence-corrected chi connectivity index (χ1v) is 10.9. The van der Waals surface area contributed by atoms with Gasteiger partial charge < -0.3 is 9.80 Å². The Morgan fingerprint density at radius 3 is 2.18 bits per heavy atom. The van der Waals surface area contributed by atoms with Crippen molar-refractivity contribution in [2.45, 2.75) is 13.1 Å². The number of rotatable bonds is 3. The Balaban J connectivity index is 1.43. The number of aromatic nitrogens is 2. The molecule has 1 aliphatic rings. The number of nitrogens with zero attached hydrogens (tertiary/aromatic N) is 4. The number of benzene rings is 3. The standard InChI is InChI=1S/C26H23F3N4/c1-18-9-11-19(12-10-18)24-30-23-8-3-2-7-22(23)25(31-24)33-15-13-32(14-16-33)21-6-4-5-20(17-21)26(27,28)29/h2-12,17H,13-16H2,1H3. The van der Waals surface area contributed by atoms with Gasteiger partial charge in [0, 0.05) is 42.8 Å². The van der Waals surface area contributed by atoms with Gasteiger partial charge in [-0.25, -0.2) is 9.97 Å². The van der Waals surface area contributed by atoms with E-state index in [-0.39, 0.29) is 0 Å². The van der Waals surface area contributed by atoms with Gasteiger partial charge in [0.05, 0.1) is 11.1 Å². The van der Waals surface area contributed by atoms with E-state index in [2.05, 4.69) is 4.90 Å². The van der Waals surface area contributed by atoms with Crippen molar-refractivity contribution in [2.24, 2.45) is 0 Å². The molecular weight excluding hydrogens is 425 g/mol. The van der Waals surface area contributed by atoms with Crippen LogP contribution in [0.25, 0.3) is 22.3 Å². The number of alkyl halides is 3. The maximum Gasteiger partial charge on any atom is 0.416 e. The minimum Gasteiger partial charge on any atom is -0.368 e. The molecule has 0 spiro atoms. The summed E-state index contributed by atoms with van der Waals surface area (Å²) in [4.78, 5) is 13.9. The van der Waals surface area contributed by atoms with Gasteiger partial charge in [-0.1, -0.05) is 48.0 Å². The van der Waals surface area contributed by atoms with Crippen LogP contribution in [0.4, 0.5) is 24.7 Å². The quantitative estimate of drug-likeness (QED) is 0.388. The lowest BCUT2D eigenvalue weighted by atomic mass is 10.1. The molecule has 0 aliphatic carbocycles. The number of anilines is 2. The topological polar surface area (TPSA) is 32.3 Å². The van der Waals surface area contributed by atoms with Crippen molar-refractivity contribution in [2.75, 3.05) is 36.0 Å². The van der Waals surface area contributed by atoms with Crippen LogP contribution in [0.2, 0.25) is 0 Å². The number of hydrogen-bond acceptors (Lipinski definition) is 4. The summed E-state index contributed by atoms with van der Waals surface area (Å²) in [5, 5.41) is 0.973. The highest BCUT2D eigenvalue weighted by Crippen LogP contribution is 2.33. The van der Waals surface area contributed by atoms with Crippen LogP contribution in [0.1, 0.15) is 11.1 Å². The van der Waals surface area contributed by atoms with Crippen molar-refractivity contribution in [3.8, 4) is 11.4 Å². The predicted octanol–water partition coefficient (Wildman–Crippen LogP) is 5.95. The molecule has 33 heavy (non-hydrogen) atoms. The molecule has 5 rings (SSSR count). The molecule has 1 aromatic heterocycles. The molecule has 0 saturated carbocycles. The highest BCUT2D eigenvalue weighted by molar-refractivity contribution is 5.91. The summed E-state index contributed by atoms with van der Waals surface area (Å²) < 4.78 is 39.4. The highest BCUT2D eigenvalue weighted by atomic mass is 19.4. The monoisotopic (exact) mass is 448 g/mol. The van der Waals surface area contributed by atoms with Gasteiger partial charge >= 0.3 is 6.18 Å². The Morgan fingerprint density at radius 2 is 1.45 bits per heavy atom. The van der Waals surface area contributed by atoms with Gasteiger partial charge in [-0.05, 0) is 37.3 Å². The molecule has 0 bridgehead atoms. The smallest absolute Gasteiger partial charge is 0.368 e. The van der Waals surface area contributed by atoms with Gasteiger partial charge in [-0.15, -0.1) is 0 Å². The van der Waals surface area contributed by atoms with Crippen LogP contribution >= 0.6 is 0 Å². The van der Waals surface area contributed by atoms with E-state index in [1.165, 1.54) is 17.7 Å².